The number of carbonyl (C=O) groups is 1. The van der Waals surface area contributed by atoms with Crippen LogP contribution in [0.5, 0.6) is 0 Å². The first-order valence-corrected chi connectivity index (χ1v) is 8.46. The van der Waals surface area contributed by atoms with E-state index in [2.05, 4.69) is 4.90 Å². The van der Waals surface area contributed by atoms with Crippen molar-refractivity contribution in [3.63, 3.8) is 0 Å². The summed E-state index contributed by atoms with van der Waals surface area (Å²) in [5.74, 6) is -0.848. The summed E-state index contributed by atoms with van der Waals surface area (Å²) in [6.45, 7) is 2.55. The third-order valence-corrected chi connectivity index (χ3v) is 5.85. The first-order valence-electron chi connectivity index (χ1n) is 6.63. The summed E-state index contributed by atoms with van der Waals surface area (Å²) in [7, 11) is -2.91. The highest BCUT2D eigenvalue weighted by Gasteiger charge is 2.34. The molecule has 2 aliphatic rings. The predicted octanol–water partition coefficient (Wildman–Crippen LogP) is 0.608. The summed E-state index contributed by atoms with van der Waals surface area (Å²) in [6, 6.07) is 0. The Morgan fingerprint density at radius 2 is 1.78 bits per heavy atom. The zero-order valence-electron chi connectivity index (χ0n) is 10.5. The van der Waals surface area contributed by atoms with Crippen LogP contribution in [-0.4, -0.2) is 55.5 Å². The van der Waals surface area contributed by atoms with Gasteiger partial charge in [-0.2, -0.15) is 0 Å². The molecule has 1 atom stereocenters. The third kappa shape index (κ3) is 3.45. The molecule has 2 aliphatic heterocycles. The number of hydrogen-bond acceptors (Lipinski definition) is 4. The number of nitrogens with zero attached hydrogens (tertiary/aromatic N) is 1. The number of carboxylic acids is 1. The molecule has 0 bridgehead atoms. The Bertz CT molecular complexity index is 386. The van der Waals surface area contributed by atoms with Crippen molar-refractivity contribution in [2.24, 2.45) is 11.8 Å². The van der Waals surface area contributed by atoms with Crippen molar-refractivity contribution in [1.82, 2.24) is 4.90 Å². The molecule has 5 nitrogen and oxygen atoms in total. The Labute approximate surface area is 108 Å². The smallest absolute Gasteiger partial charge is 0.308 e. The minimum absolute atomic E-state index is 0.0200. The molecular weight excluding hydrogens is 254 g/mol. The molecule has 0 amide bonds. The summed E-state index contributed by atoms with van der Waals surface area (Å²) in [4.78, 5) is 13.6. The molecule has 2 fully saturated rings. The maximum absolute atomic E-state index is 11.4. The lowest BCUT2D eigenvalue weighted by atomic mass is 9.87. The van der Waals surface area contributed by atoms with Gasteiger partial charge in [-0.15, -0.1) is 0 Å². The molecule has 2 heterocycles. The topological polar surface area (TPSA) is 74.7 Å². The van der Waals surface area contributed by atoms with Gasteiger partial charge in [-0.3, -0.25) is 4.79 Å². The van der Waals surface area contributed by atoms with Gasteiger partial charge in [-0.25, -0.2) is 8.42 Å². The number of rotatable bonds is 4. The third-order valence-electron chi connectivity index (χ3n) is 4.14. The van der Waals surface area contributed by atoms with E-state index in [0.717, 1.165) is 25.9 Å². The van der Waals surface area contributed by atoms with Crippen LogP contribution >= 0.6 is 0 Å². The second-order valence-electron chi connectivity index (χ2n) is 5.44. The monoisotopic (exact) mass is 275 g/mol. The average Bonchev–Trinajstić information content (AvgIpc) is 2.79. The molecule has 1 unspecified atom stereocenters. The lowest BCUT2D eigenvalue weighted by Gasteiger charge is -2.30. The minimum atomic E-state index is -2.91. The molecule has 2 saturated heterocycles. The Kier molecular flexibility index (Phi) is 4.27. The molecule has 0 aromatic carbocycles. The van der Waals surface area contributed by atoms with Gasteiger partial charge in [0.1, 0.15) is 9.84 Å². The van der Waals surface area contributed by atoms with E-state index in [0.29, 0.717) is 19.4 Å². The maximum Gasteiger partial charge on any atom is 0.308 e. The highest BCUT2D eigenvalue weighted by molar-refractivity contribution is 7.91. The SMILES string of the molecule is O=C(O)C(CN1CCCC1)C1CCS(=O)(=O)CC1. The summed E-state index contributed by atoms with van der Waals surface area (Å²) in [5.41, 5.74) is 0. The van der Waals surface area contributed by atoms with E-state index in [1.165, 1.54) is 0 Å². The fourth-order valence-electron chi connectivity index (χ4n) is 2.98. The number of aliphatic carboxylic acids is 1. The van der Waals surface area contributed by atoms with Gasteiger partial charge in [-0.1, -0.05) is 0 Å². The van der Waals surface area contributed by atoms with Gasteiger partial charge in [0, 0.05) is 6.54 Å². The molecule has 0 radical (unpaired) electrons. The number of sulfone groups is 1. The largest absolute Gasteiger partial charge is 0.481 e. The van der Waals surface area contributed by atoms with E-state index in [1.807, 2.05) is 0 Å². The average molecular weight is 275 g/mol. The molecule has 0 aromatic heterocycles. The van der Waals surface area contributed by atoms with Gasteiger partial charge in [0.2, 0.25) is 0 Å². The van der Waals surface area contributed by atoms with Crippen molar-refractivity contribution in [2.75, 3.05) is 31.1 Å². The zero-order chi connectivity index (χ0) is 13.2. The molecule has 18 heavy (non-hydrogen) atoms. The van der Waals surface area contributed by atoms with Crippen LogP contribution in [0.4, 0.5) is 0 Å². The van der Waals surface area contributed by atoms with Crippen LogP contribution in [-0.2, 0) is 14.6 Å². The molecule has 0 spiro atoms. The van der Waals surface area contributed by atoms with Gasteiger partial charge in [0.15, 0.2) is 0 Å². The standard InChI is InChI=1S/C12H21NO4S/c14-12(15)11(9-13-5-1-2-6-13)10-3-7-18(16,17)8-4-10/h10-11H,1-9H2,(H,14,15). The quantitative estimate of drug-likeness (QED) is 0.813. The van der Waals surface area contributed by atoms with Crippen molar-refractivity contribution in [1.29, 1.82) is 0 Å². The first kappa shape index (κ1) is 13.8. The second kappa shape index (κ2) is 5.57. The first-order chi connectivity index (χ1) is 8.48. The van der Waals surface area contributed by atoms with Crippen LogP contribution in [0, 0.1) is 11.8 Å². The highest BCUT2D eigenvalue weighted by atomic mass is 32.2. The maximum atomic E-state index is 11.4. The van der Waals surface area contributed by atoms with E-state index in [9.17, 15) is 18.3 Å². The number of likely N-dealkylation sites (tertiary alicyclic amines) is 1. The van der Waals surface area contributed by atoms with Crippen molar-refractivity contribution in [2.45, 2.75) is 25.7 Å². The Hall–Kier alpha value is -0.620. The molecule has 1 N–H and O–H groups in total. The highest BCUT2D eigenvalue weighted by Crippen LogP contribution is 2.28. The summed E-state index contributed by atoms with van der Waals surface area (Å²) < 4.78 is 22.8. The van der Waals surface area contributed by atoms with Gasteiger partial charge < -0.3 is 10.0 Å². The Morgan fingerprint density at radius 3 is 2.28 bits per heavy atom. The second-order valence-corrected chi connectivity index (χ2v) is 7.75. The van der Waals surface area contributed by atoms with Crippen molar-refractivity contribution >= 4 is 15.8 Å². The summed E-state index contributed by atoms with van der Waals surface area (Å²) in [6.07, 6.45) is 3.30. The van der Waals surface area contributed by atoms with Crippen LogP contribution in [0.2, 0.25) is 0 Å². The molecule has 2 rings (SSSR count). The van der Waals surface area contributed by atoms with Crippen LogP contribution < -0.4 is 0 Å². The van der Waals surface area contributed by atoms with Crippen LogP contribution in [0.1, 0.15) is 25.7 Å². The summed E-state index contributed by atoms with van der Waals surface area (Å²) >= 11 is 0. The van der Waals surface area contributed by atoms with Crippen LogP contribution in [0.15, 0.2) is 0 Å². The normalized spacial score (nSPS) is 27.1. The van der Waals surface area contributed by atoms with E-state index in [-0.39, 0.29) is 17.4 Å². The van der Waals surface area contributed by atoms with Crippen LogP contribution in [0.25, 0.3) is 0 Å². The van der Waals surface area contributed by atoms with E-state index >= 15 is 0 Å². The number of hydrogen-bond donors (Lipinski definition) is 1. The van der Waals surface area contributed by atoms with E-state index in [4.69, 9.17) is 0 Å². The molecule has 6 heteroatoms. The van der Waals surface area contributed by atoms with Gasteiger partial charge in [0.25, 0.3) is 0 Å². The van der Waals surface area contributed by atoms with Crippen molar-refractivity contribution in [3.05, 3.63) is 0 Å². The van der Waals surface area contributed by atoms with Crippen molar-refractivity contribution in [3.8, 4) is 0 Å². The fourth-order valence-corrected chi connectivity index (χ4v) is 4.51. The molecule has 0 aromatic rings. The number of carboxylic acid groups (broad SMARTS) is 1. The molecule has 104 valence electrons. The molecular formula is C12H21NO4S. The van der Waals surface area contributed by atoms with Crippen molar-refractivity contribution < 1.29 is 18.3 Å². The Balaban J connectivity index is 1.95. The zero-order valence-corrected chi connectivity index (χ0v) is 11.4. The van der Waals surface area contributed by atoms with Gasteiger partial charge >= 0.3 is 5.97 Å². The Morgan fingerprint density at radius 1 is 1.22 bits per heavy atom. The molecule has 0 aliphatic carbocycles. The predicted molar refractivity (Wildman–Crippen MR) is 68.2 cm³/mol. The lowest BCUT2D eigenvalue weighted by molar-refractivity contribution is -0.144. The van der Waals surface area contributed by atoms with E-state index in [1.54, 1.807) is 0 Å². The van der Waals surface area contributed by atoms with Gasteiger partial charge in [0.05, 0.1) is 17.4 Å². The lowest BCUT2D eigenvalue weighted by Crippen LogP contribution is -2.39. The van der Waals surface area contributed by atoms with Crippen LogP contribution in [0.3, 0.4) is 0 Å². The molecule has 0 saturated carbocycles. The van der Waals surface area contributed by atoms with Gasteiger partial charge in [-0.05, 0) is 44.7 Å². The van der Waals surface area contributed by atoms with E-state index < -0.39 is 21.7 Å². The summed E-state index contributed by atoms with van der Waals surface area (Å²) in [5, 5.41) is 9.34. The minimum Gasteiger partial charge on any atom is -0.481 e. The fraction of sp³-hybridized carbons (Fsp3) is 0.917.